The van der Waals surface area contributed by atoms with Crippen molar-refractivity contribution in [2.24, 2.45) is 5.73 Å². The number of nitrogens with two attached hydrogens (primary N) is 1. The van der Waals surface area contributed by atoms with E-state index >= 15 is 0 Å². The minimum absolute atomic E-state index is 0.0285. The molecule has 1 aromatic carbocycles. The molecule has 0 saturated carbocycles. The molecule has 0 aliphatic heterocycles. The number of nitrogens with zero attached hydrogens (tertiary/aromatic N) is 1. The number of amidine groups is 1. The van der Waals surface area contributed by atoms with Gasteiger partial charge >= 0.3 is 6.03 Å². The van der Waals surface area contributed by atoms with Crippen LogP contribution in [0, 0.1) is 5.41 Å². The van der Waals surface area contributed by atoms with E-state index in [1.54, 1.807) is 26.2 Å². The summed E-state index contributed by atoms with van der Waals surface area (Å²) in [6.45, 7) is 0.429. The summed E-state index contributed by atoms with van der Waals surface area (Å²) in [5.74, 6) is 0.0285. The van der Waals surface area contributed by atoms with Crippen molar-refractivity contribution in [3.05, 3.63) is 35.4 Å². The van der Waals surface area contributed by atoms with Gasteiger partial charge in [-0.05, 0) is 11.6 Å². The third-order valence-electron chi connectivity index (χ3n) is 2.09. The Morgan fingerprint density at radius 2 is 2.19 bits per heavy atom. The van der Waals surface area contributed by atoms with E-state index in [1.807, 2.05) is 12.1 Å². The Morgan fingerprint density at radius 1 is 1.50 bits per heavy atom. The molecule has 0 atom stereocenters. The second-order valence-corrected chi connectivity index (χ2v) is 3.67. The Hall–Kier alpha value is -2.04. The van der Waals surface area contributed by atoms with Crippen LogP contribution in [0.4, 0.5) is 4.79 Å². The average Bonchev–Trinajstić information content (AvgIpc) is 2.26. The van der Waals surface area contributed by atoms with Gasteiger partial charge in [-0.25, -0.2) is 4.79 Å². The van der Waals surface area contributed by atoms with E-state index in [1.165, 1.54) is 4.90 Å². The number of rotatable bonds is 3. The van der Waals surface area contributed by atoms with Gasteiger partial charge in [-0.1, -0.05) is 18.2 Å². The summed E-state index contributed by atoms with van der Waals surface area (Å²) in [6.07, 6.45) is 0. The van der Waals surface area contributed by atoms with Crippen molar-refractivity contribution < 1.29 is 4.79 Å². The van der Waals surface area contributed by atoms with Gasteiger partial charge in [0.15, 0.2) is 0 Å². The summed E-state index contributed by atoms with van der Waals surface area (Å²) in [5, 5.41) is 10.0. The Morgan fingerprint density at radius 3 is 2.75 bits per heavy atom. The number of hydrogen-bond acceptors (Lipinski definition) is 2. The molecule has 0 fully saturated rings. The number of amides is 2. The minimum Gasteiger partial charge on any atom is -0.384 e. The van der Waals surface area contributed by atoms with E-state index in [4.69, 9.17) is 11.1 Å². The fourth-order valence-electron chi connectivity index (χ4n) is 1.18. The molecule has 1 rings (SSSR count). The molecule has 0 spiro atoms. The molecule has 0 unspecified atom stereocenters. The fraction of sp³-hybridized carbons (Fsp3) is 0.273. The molecular formula is C11H16N4O. The lowest BCUT2D eigenvalue weighted by atomic mass is 10.1. The maximum atomic E-state index is 11.3. The van der Waals surface area contributed by atoms with Crippen LogP contribution in [0.2, 0.25) is 0 Å². The lowest BCUT2D eigenvalue weighted by Crippen LogP contribution is -2.33. The summed E-state index contributed by atoms with van der Waals surface area (Å²) in [6, 6.07) is 7.10. The molecule has 4 N–H and O–H groups in total. The largest absolute Gasteiger partial charge is 0.384 e. The van der Waals surface area contributed by atoms with E-state index in [0.29, 0.717) is 12.1 Å². The monoisotopic (exact) mass is 220 g/mol. The van der Waals surface area contributed by atoms with Crippen molar-refractivity contribution in [1.82, 2.24) is 10.2 Å². The lowest BCUT2D eigenvalue weighted by Gasteiger charge is -2.12. The first-order valence-corrected chi connectivity index (χ1v) is 4.89. The number of urea groups is 1. The van der Waals surface area contributed by atoms with E-state index in [2.05, 4.69) is 5.32 Å². The van der Waals surface area contributed by atoms with Crippen LogP contribution in [0.1, 0.15) is 11.1 Å². The third kappa shape index (κ3) is 3.27. The van der Waals surface area contributed by atoms with Crippen LogP contribution in [0.25, 0.3) is 0 Å². The molecule has 2 amide bonds. The van der Waals surface area contributed by atoms with E-state index in [-0.39, 0.29) is 11.9 Å². The molecule has 0 saturated heterocycles. The highest BCUT2D eigenvalue weighted by Gasteiger charge is 2.03. The van der Waals surface area contributed by atoms with Crippen LogP contribution < -0.4 is 11.1 Å². The van der Waals surface area contributed by atoms with Crippen LogP contribution in [0.5, 0.6) is 0 Å². The molecular weight excluding hydrogens is 204 g/mol. The summed E-state index contributed by atoms with van der Waals surface area (Å²) in [5.41, 5.74) is 6.96. The first-order valence-electron chi connectivity index (χ1n) is 4.89. The molecule has 1 aromatic rings. The molecule has 86 valence electrons. The van der Waals surface area contributed by atoms with Gasteiger partial charge in [0.25, 0.3) is 0 Å². The van der Waals surface area contributed by atoms with Gasteiger partial charge in [0, 0.05) is 26.2 Å². The fourth-order valence-corrected chi connectivity index (χ4v) is 1.18. The van der Waals surface area contributed by atoms with Crippen molar-refractivity contribution >= 4 is 11.9 Å². The van der Waals surface area contributed by atoms with Crippen molar-refractivity contribution in [1.29, 1.82) is 5.41 Å². The topological polar surface area (TPSA) is 82.2 Å². The normalized spacial score (nSPS) is 9.62. The van der Waals surface area contributed by atoms with Crippen LogP contribution in [-0.4, -0.2) is 30.9 Å². The molecule has 0 aliphatic rings. The van der Waals surface area contributed by atoms with E-state index in [9.17, 15) is 4.79 Å². The molecule has 16 heavy (non-hydrogen) atoms. The molecule has 0 aromatic heterocycles. The van der Waals surface area contributed by atoms with Crippen LogP contribution in [0.3, 0.4) is 0 Å². The second kappa shape index (κ2) is 5.16. The van der Waals surface area contributed by atoms with Gasteiger partial charge in [0.05, 0.1) is 0 Å². The van der Waals surface area contributed by atoms with Crippen molar-refractivity contribution in [3.63, 3.8) is 0 Å². The molecule has 5 heteroatoms. The zero-order chi connectivity index (χ0) is 12.1. The standard InChI is InChI=1S/C11H16N4O/c1-15(2)11(16)14-7-8-4-3-5-9(6-8)10(12)13/h3-6H,7H2,1-2H3,(H3,12,13)(H,14,16). The second-order valence-electron chi connectivity index (χ2n) is 3.67. The summed E-state index contributed by atoms with van der Waals surface area (Å²) < 4.78 is 0. The van der Waals surface area contributed by atoms with Crippen LogP contribution in [0.15, 0.2) is 24.3 Å². The summed E-state index contributed by atoms with van der Waals surface area (Å²) in [7, 11) is 3.36. The molecule has 0 bridgehead atoms. The first kappa shape index (κ1) is 12.0. The summed E-state index contributed by atoms with van der Waals surface area (Å²) in [4.78, 5) is 12.7. The van der Waals surface area contributed by atoms with Crippen molar-refractivity contribution in [2.45, 2.75) is 6.54 Å². The number of carbonyl (C=O) groups excluding carboxylic acids is 1. The molecule has 0 heterocycles. The number of carbonyl (C=O) groups is 1. The maximum Gasteiger partial charge on any atom is 0.317 e. The highest BCUT2D eigenvalue weighted by Crippen LogP contribution is 2.04. The molecule has 5 nitrogen and oxygen atoms in total. The quantitative estimate of drug-likeness (QED) is 0.518. The highest BCUT2D eigenvalue weighted by molar-refractivity contribution is 5.95. The SMILES string of the molecule is CN(C)C(=O)NCc1cccc(C(=N)N)c1. The number of nitrogens with one attached hydrogen (secondary N) is 2. The molecule has 0 aliphatic carbocycles. The smallest absolute Gasteiger partial charge is 0.317 e. The summed E-state index contributed by atoms with van der Waals surface area (Å²) >= 11 is 0. The Balaban J connectivity index is 2.64. The van der Waals surface area contributed by atoms with Crippen molar-refractivity contribution in [2.75, 3.05) is 14.1 Å². The van der Waals surface area contributed by atoms with Crippen LogP contribution >= 0.6 is 0 Å². The molecule has 0 radical (unpaired) electrons. The predicted molar refractivity (Wildman–Crippen MR) is 63.4 cm³/mol. The van der Waals surface area contributed by atoms with E-state index < -0.39 is 0 Å². The average molecular weight is 220 g/mol. The lowest BCUT2D eigenvalue weighted by molar-refractivity contribution is 0.217. The number of nitrogen functional groups attached to an aromatic ring is 1. The van der Waals surface area contributed by atoms with Gasteiger partial charge in [0.2, 0.25) is 0 Å². The Kier molecular flexibility index (Phi) is 3.88. The van der Waals surface area contributed by atoms with Gasteiger partial charge < -0.3 is 16.0 Å². The number of benzene rings is 1. The highest BCUT2D eigenvalue weighted by atomic mass is 16.2. The number of hydrogen-bond donors (Lipinski definition) is 3. The zero-order valence-electron chi connectivity index (χ0n) is 9.45. The zero-order valence-corrected chi connectivity index (χ0v) is 9.45. The predicted octanol–water partition coefficient (Wildman–Crippen LogP) is 0.742. The Bertz CT molecular complexity index is 401. The van der Waals surface area contributed by atoms with Gasteiger partial charge in [0.1, 0.15) is 5.84 Å². The Labute approximate surface area is 94.8 Å². The van der Waals surface area contributed by atoms with Crippen molar-refractivity contribution in [3.8, 4) is 0 Å². The van der Waals surface area contributed by atoms with Crippen LogP contribution in [-0.2, 0) is 6.54 Å². The first-order chi connectivity index (χ1) is 7.50. The maximum absolute atomic E-state index is 11.3. The van der Waals surface area contributed by atoms with Gasteiger partial charge in [-0.2, -0.15) is 0 Å². The van der Waals surface area contributed by atoms with Gasteiger partial charge in [-0.15, -0.1) is 0 Å². The van der Waals surface area contributed by atoms with E-state index in [0.717, 1.165) is 5.56 Å². The third-order valence-corrected chi connectivity index (χ3v) is 2.09. The minimum atomic E-state index is -0.145. The van der Waals surface area contributed by atoms with Gasteiger partial charge in [-0.3, -0.25) is 5.41 Å².